The van der Waals surface area contributed by atoms with Crippen molar-refractivity contribution in [1.29, 1.82) is 0 Å². The van der Waals surface area contributed by atoms with Gasteiger partial charge in [0.2, 0.25) is 0 Å². The number of nitro benzene ring substituents is 1. The number of carbonyl (C=O) groups is 2. The van der Waals surface area contributed by atoms with Crippen LogP contribution in [0.25, 0.3) is 0 Å². The van der Waals surface area contributed by atoms with E-state index in [0.717, 1.165) is 5.56 Å². The van der Waals surface area contributed by atoms with E-state index in [4.69, 9.17) is 4.74 Å². The van der Waals surface area contributed by atoms with E-state index in [0.29, 0.717) is 24.0 Å². The van der Waals surface area contributed by atoms with Gasteiger partial charge in [0.05, 0.1) is 18.0 Å². The number of aryl methyl sites for hydroxylation is 1. The number of Topliss-reactive ketones (excluding diaryl/α,β-unsaturated/α-hetero) is 1. The Labute approximate surface area is 109 Å². The Morgan fingerprint density at radius 1 is 1.42 bits per heavy atom. The van der Waals surface area contributed by atoms with Crippen molar-refractivity contribution in [2.75, 3.05) is 6.61 Å². The first-order valence-corrected chi connectivity index (χ1v) is 6.02. The quantitative estimate of drug-likeness (QED) is 0.470. The number of hydrogen-bond donors (Lipinski definition) is 0. The number of ketones is 1. The lowest BCUT2D eigenvalue weighted by molar-refractivity contribution is -0.385. The molecule has 0 atom stereocenters. The number of fused-ring (bicyclic) bond motifs is 1. The normalized spacial score (nSPS) is 13.2. The maximum absolute atomic E-state index is 11.6. The molecule has 0 aromatic heterocycles. The summed E-state index contributed by atoms with van der Waals surface area (Å²) in [6.07, 6.45) is 0.795. The van der Waals surface area contributed by atoms with E-state index >= 15 is 0 Å². The Hall–Kier alpha value is -2.24. The summed E-state index contributed by atoms with van der Waals surface area (Å²) in [5.74, 6) is -0.587. The summed E-state index contributed by atoms with van der Waals surface area (Å²) in [6.45, 7) is 1.91. The van der Waals surface area contributed by atoms with Crippen LogP contribution in [0.5, 0.6) is 0 Å². The molecule has 0 saturated carbocycles. The predicted molar refractivity (Wildman–Crippen MR) is 66.1 cm³/mol. The topological polar surface area (TPSA) is 86.5 Å². The summed E-state index contributed by atoms with van der Waals surface area (Å²) in [7, 11) is 0. The van der Waals surface area contributed by atoms with Crippen molar-refractivity contribution in [2.24, 2.45) is 0 Å². The summed E-state index contributed by atoms with van der Waals surface area (Å²) in [4.78, 5) is 33.4. The van der Waals surface area contributed by atoms with Crippen LogP contribution in [0.3, 0.4) is 0 Å². The molecule has 1 aliphatic rings. The van der Waals surface area contributed by atoms with E-state index in [1.807, 2.05) is 0 Å². The molecule has 0 radical (unpaired) electrons. The average molecular weight is 263 g/mol. The fourth-order valence-electron chi connectivity index (χ4n) is 2.21. The minimum atomic E-state index is -0.569. The number of nitrogens with zero attached hydrogens (tertiary/aromatic N) is 1. The van der Waals surface area contributed by atoms with Crippen molar-refractivity contribution in [3.63, 3.8) is 0 Å². The SMILES string of the molecule is CCOC(=O)Cc1cc2c(cc1[N+](=O)[O-])C(=O)CC2. The highest BCUT2D eigenvalue weighted by Gasteiger charge is 2.26. The van der Waals surface area contributed by atoms with Crippen LogP contribution in [0.1, 0.15) is 34.8 Å². The monoisotopic (exact) mass is 263 g/mol. The van der Waals surface area contributed by atoms with Crippen LogP contribution in [-0.2, 0) is 22.4 Å². The number of ether oxygens (including phenoxy) is 1. The highest BCUT2D eigenvalue weighted by Crippen LogP contribution is 2.30. The molecular formula is C13H13NO5. The lowest BCUT2D eigenvalue weighted by atomic mass is 10.0. The first kappa shape index (κ1) is 13.2. The second kappa shape index (κ2) is 5.17. The molecule has 1 aromatic carbocycles. The molecule has 0 spiro atoms. The predicted octanol–water partition coefficient (Wildman–Crippen LogP) is 1.83. The summed E-state index contributed by atoms with van der Waals surface area (Å²) in [5, 5.41) is 11.0. The van der Waals surface area contributed by atoms with Gasteiger partial charge < -0.3 is 4.74 Å². The second-order valence-electron chi connectivity index (χ2n) is 4.30. The molecule has 1 aromatic rings. The fourth-order valence-corrected chi connectivity index (χ4v) is 2.21. The molecule has 0 bridgehead atoms. The largest absolute Gasteiger partial charge is 0.466 e. The molecule has 0 aliphatic heterocycles. The number of nitro groups is 1. The Morgan fingerprint density at radius 3 is 2.79 bits per heavy atom. The van der Waals surface area contributed by atoms with E-state index < -0.39 is 10.9 Å². The van der Waals surface area contributed by atoms with Crippen LogP contribution in [-0.4, -0.2) is 23.3 Å². The Morgan fingerprint density at radius 2 is 2.16 bits per heavy atom. The maximum atomic E-state index is 11.6. The summed E-state index contributed by atoms with van der Waals surface area (Å²) < 4.78 is 4.79. The van der Waals surface area contributed by atoms with Gasteiger partial charge in [-0.2, -0.15) is 0 Å². The van der Waals surface area contributed by atoms with E-state index in [2.05, 4.69) is 0 Å². The van der Waals surface area contributed by atoms with Gasteiger partial charge in [0.15, 0.2) is 5.78 Å². The highest BCUT2D eigenvalue weighted by molar-refractivity contribution is 6.01. The first-order valence-electron chi connectivity index (χ1n) is 6.02. The molecule has 0 saturated heterocycles. The molecule has 0 N–H and O–H groups in total. The number of rotatable bonds is 4. The van der Waals surface area contributed by atoms with Crippen molar-refractivity contribution >= 4 is 17.4 Å². The van der Waals surface area contributed by atoms with Crippen LogP contribution in [0.4, 0.5) is 5.69 Å². The van der Waals surface area contributed by atoms with Crippen LogP contribution in [0.2, 0.25) is 0 Å². The molecular weight excluding hydrogens is 250 g/mol. The summed E-state index contributed by atoms with van der Waals surface area (Å²) in [5.41, 5.74) is 1.29. The van der Waals surface area contributed by atoms with E-state index in [1.165, 1.54) is 6.07 Å². The van der Waals surface area contributed by atoms with Gasteiger partial charge >= 0.3 is 5.97 Å². The molecule has 6 nitrogen and oxygen atoms in total. The zero-order valence-corrected chi connectivity index (χ0v) is 10.5. The molecule has 100 valence electrons. The zero-order chi connectivity index (χ0) is 14.0. The fraction of sp³-hybridized carbons (Fsp3) is 0.385. The molecule has 1 aliphatic carbocycles. The molecule has 6 heteroatoms. The van der Waals surface area contributed by atoms with Crippen LogP contribution in [0.15, 0.2) is 12.1 Å². The zero-order valence-electron chi connectivity index (χ0n) is 10.5. The van der Waals surface area contributed by atoms with Gasteiger partial charge in [-0.15, -0.1) is 0 Å². The van der Waals surface area contributed by atoms with Crippen molar-refractivity contribution in [3.8, 4) is 0 Å². The molecule has 0 unspecified atom stereocenters. The molecule has 19 heavy (non-hydrogen) atoms. The second-order valence-corrected chi connectivity index (χ2v) is 4.30. The van der Waals surface area contributed by atoms with Gasteiger partial charge in [0.1, 0.15) is 0 Å². The summed E-state index contributed by atoms with van der Waals surface area (Å²) in [6, 6.07) is 2.86. The van der Waals surface area contributed by atoms with Crippen LogP contribution in [0, 0.1) is 10.1 Å². The molecule has 0 amide bonds. The molecule has 0 fully saturated rings. The van der Waals surface area contributed by atoms with Gasteiger partial charge in [-0.05, 0) is 25.0 Å². The third kappa shape index (κ3) is 2.62. The van der Waals surface area contributed by atoms with Gasteiger partial charge in [-0.25, -0.2) is 0 Å². The first-order chi connectivity index (χ1) is 9.02. The van der Waals surface area contributed by atoms with Crippen molar-refractivity contribution in [3.05, 3.63) is 38.9 Å². The maximum Gasteiger partial charge on any atom is 0.310 e. The van der Waals surface area contributed by atoms with Crippen molar-refractivity contribution in [1.82, 2.24) is 0 Å². The minimum absolute atomic E-state index is 0.0826. The molecule has 2 rings (SSSR count). The minimum Gasteiger partial charge on any atom is -0.466 e. The van der Waals surface area contributed by atoms with Crippen molar-refractivity contribution < 1.29 is 19.2 Å². The average Bonchev–Trinajstić information content (AvgIpc) is 2.69. The lowest BCUT2D eigenvalue weighted by Gasteiger charge is -2.06. The standard InChI is InChI=1S/C13H13NO5/c1-2-19-13(16)6-9-5-8-3-4-12(15)10(8)7-11(9)14(17)18/h5,7H,2-4,6H2,1H3. The number of hydrogen-bond acceptors (Lipinski definition) is 5. The van der Waals surface area contributed by atoms with E-state index in [-0.39, 0.29) is 24.5 Å². The van der Waals surface area contributed by atoms with E-state index in [9.17, 15) is 19.7 Å². The molecule has 0 heterocycles. The highest BCUT2D eigenvalue weighted by atomic mass is 16.6. The van der Waals surface area contributed by atoms with Gasteiger partial charge in [0, 0.05) is 23.6 Å². The van der Waals surface area contributed by atoms with Crippen LogP contribution < -0.4 is 0 Å². The third-order valence-corrected chi connectivity index (χ3v) is 3.06. The summed E-state index contributed by atoms with van der Waals surface area (Å²) >= 11 is 0. The Kier molecular flexibility index (Phi) is 3.59. The lowest BCUT2D eigenvalue weighted by Crippen LogP contribution is -2.10. The number of benzene rings is 1. The Balaban J connectivity index is 2.39. The number of esters is 1. The number of carbonyl (C=O) groups excluding carboxylic acids is 2. The van der Waals surface area contributed by atoms with Crippen LogP contribution >= 0.6 is 0 Å². The third-order valence-electron chi connectivity index (χ3n) is 3.06. The van der Waals surface area contributed by atoms with Gasteiger partial charge in [-0.3, -0.25) is 19.7 Å². The smallest absolute Gasteiger partial charge is 0.310 e. The van der Waals surface area contributed by atoms with E-state index in [1.54, 1.807) is 13.0 Å². The van der Waals surface area contributed by atoms with Crippen molar-refractivity contribution in [2.45, 2.75) is 26.2 Å². The van der Waals surface area contributed by atoms with Gasteiger partial charge in [-0.1, -0.05) is 0 Å². The van der Waals surface area contributed by atoms with Gasteiger partial charge in [0.25, 0.3) is 5.69 Å². The Bertz CT molecular complexity index is 564.